The van der Waals surface area contributed by atoms with Crippen LogP contribution in [0.1, 0.15) is 32.4 Å². The van der Waals surface area contributed by atoms with E-state index in [1.807, 2.05) is 30.3 Å². The van der Waals surface area contributed by atoms with Crippen molar-refractivity contribution in [1.82, 2.24) is 20.7 Å². The molecule has 1 aromatic heterocycles. The van der Waals surface area contributed by atoms with Gasteiger partial charge in [0, 0.05) is 18.7 Å². The van der Waals surface area contributed by atoms with Crippen molar-refractivity contribution in [3.63, 3.8) is 0 Å². The maximum absolute atomic E-state index is 10.1. The summed E-state index contributed by atoms with van der Waals surface area (Å²) in [7, 11) is 0. The Morgan fingerprint density at radius 2 is 1.86 bits per heavy atom. The maximum atomic E-state index is 10.1. The first-order valence-electron chi connectivity index (χ1n) is 7.60. The number of hydrogen-bond donors (Lipinski definition) is 3. The highest BCUT2D eigenvalue weighted by molar-refractivity contribution is 5.60. The van der Waals surface area contributed by atoms with Gasteiger partial charge in [0.25, 0.3) is 0 Å². The number of nitrogens with zero attached hydrogens (tertiary/aromatic N) is 2. The highest BCUT2D eigenvalue weighted by atomic mass is 16.3. The number of rotatable bonds is 8. The largest absolute Gasteiger partial charge is 0.392 e. The predicted molar refractivity (Wildman–Crippen MR) is 83.6 cm³/mol. The van der Waals surface area contributed by atoms with Crippen LogP contribution >= 0.6 is 0 Å². The Morgan fingerprint density at radius 1 is 1.14 bits per heavy atom. The third-order valence-corrected chi connectivity index (χ3v) is 3.91. The van der Waals surface area contributed by atoms with Gasteiger partial charge in [0.2, 0.25) is 0 Å². The highest BCUT2D eigenvalue weighted by Crippen LogP contribution is 2.19. The standard InChI is InChI=1S/C16H24N4O/c1-3-12(4-2)15(21)11-17-10-14-16(19-20-18-14)13-8-6-5-7-9-13/h5-9,12,15,17,21H,3-4,10-11H2,1-2H3,(H,18,19,20). The molecule has 2 rings (SSSR count). The second kappa shape index (κ2) is 7.90. The summed E-state index contributed by atoms with van der Waals surface area (Å²) in [6, 6.07) is 9.98. The lowest BCUT2D eigenvalue weighted by molar-refractivity contribution is 0.101. The summed E-state index contributed by atoms with van der Waals surface area (Å²) in [6.07, 6.45) is 1.68. The Labute approximate surface area is 125 Å². The van der Waals surface area contributed by atoms with Crippen LogP contribution in [0.15, 0.2) is 30.3 Å². The van der Waals surface area contributed by atoms with Crippen molar-refractivity contribution < 1.29 is 5.11 Å². The van der Waals surface area contributed by atoms with Crippen molar-refractivity contribution in [2.24, 2.45) is 5.92 Å². The summed E-state index contributed by atoms with van der Waals surface area (Å²) in [4.78, 5) is 0. The van der Waals surface area contributed by atoms with Crippen molar-refractivity contribution in [3.8, 4) is 11.3 Å². The van der Waals surface area contributed by atoms with Crippen LogP contribution in [0.5, 0.6) is 0 Å². The van der Waals surface area contributed by atoms with Gasteiger partial charge in [-0.15, -0.1) is 0 Å². The van der Waals surface area contributed by atoms with E-state index < -0.39 is 0 Å². The molecule has 0 fully saturated rings. The van der Waals surface area contributed by atoms with E-state index in [9.17, 15) is 5.11 Å². The quantitative estimate of drug-likeness (QED) is 0.697. The van der Waals surface area contributed by atoms with Gasteiger partial charge in [0.1, 0.15) is 11.4 Å². The van der Waals surface area contributed by atoms with Crippen molar-refractivity contribution in [1.29, 1.82) is 0 Å². The molecule has 1 aromatic carbocycles. The molecule has 3 N–H and O–H groups in total. The molecule has 0 radical (unpaired) electrons. The molecule has 114 valence electrons. The zero-order chi connectivity index (χ0) is 15.1. The number of aliphatic hydroxyl groups is 1. The van der Waals surface area contributed by atoms with Crippen LogP contribution in [0.25, 0.3) is 11.3 Å². The minimum Gasteiger partial charge on any atom is -0.392 e. The van der Waals surface area contributed by atoms with Gasteiger partial charge in [-0.05, 0) is 5.92 Å². The average Bonchev–Trinajstić information content (AvgIpc) is 2.98. The molecule has 0 bridgehead atoms. The van der Waals surface area contributed by atoms with Crippen LogP contribution < -0.4 is 5.32 Å². The molecule has 2 aromatic rings. The van der Waals surface area contributed by atoms with Gasteiger partial charge >= 0.3 is 0 Å². The second-order valence-corrected chi connectivity index (χ2v) is 5.26. The topological polar surface area (TPSA) is 73.8 Å². The first-order valence-corrected chi connectivity index (χ1v) is 7.60. The first kappa shape index (κ1) is 15.7. The molecule has 0 spiro atoms. The van der Waals surface area contributed by atoms with Gasteiger partial charge in [-0.25, -0.2) is 0 Å². The molecular formula is C16H24N4O. The molecule has 0 amide bonds. The van der Waals surface area contributed by atoms with Crippen LogP contribution in [0.2, 0.25) is 0 Å². The zero-order valence-corrected chi connectivity index (χ0v) is 12.7. The van der Waals surface area contributed by atoms with Gasteiger partial charge in [-0.1, -0.05) is 57.0 Å². The zero-order valence-electron chi connectivity index (χ0n) is 12.7. The summed E-state index contributed by atoms with van der Waals surface area (Å²) in [5.41, 5.74) is 2.78. The van der Waals surface area contributed by atoms with Crippen LogP contribution in [0.3, 0.4) is 0 Å². The molecule has 0 saturated heterocycles. The van der Waals surface area contributed by atoms with Crippen molar-refractivity contribution in [3.05, 3.63) is 36.0 Å². The van der Waals surface area contributed by atoms with Crippen molar-refractivity contribution in [2.75, 3.05) is 6.54 Å². The van der Waals surface area contributed by atoms with Crippen LogP contribution in [0.4, 0.5) is 0 Å². The Kier molecular flexibility index (Phi) is 5.90. The number of aliphatic hydroxyl groups excluding tert-OH is 1. The minimum absolute atomic E-state index is 0.313. The van der Waals surface area contributed by atoms with Crippen LogP contribution in [-0.4, -0.2) is 33.2 Å². The summed E-state index contributed by atoms with van der Waals surface area (Å²) >= 11 is 0. The molecule has 1 heterocycles. The third-order valence-electron chi connectivity index (χ3n) is 3.91. The smallest absolute Gasteiger partial charge is 0.117 e. The van der Waals surface area contributed by atoms with E-state index >= 15 is 0 Å². The van der Waals surface area contributed by atoms with Gasteiger partial charge < -0.3 is 10.4 Å². The van der Waals surface area contributed by atoms with Crippen molar-refractivity contribution in [2.45, 2.75) is 39.3 Å². The van der Waals surface area contributed by atoms with E-state index in [1.54, 1.807) is 0 Å². The molecule has 21 heavy (non-hydrogen) atoms. The highest BCUT2D eigenvalue weighted by Gasteiger charge is 2.16. The van der Waals surface area contributed by atoms with E-state index in [4.69, 9.17) is 0 Å². The molecule has 0 aliphatic rings. The summed E-state index contributed by atoms with van der Waals surface area (Å²) in [6.45, 7) is 5.40. The first-order chi connectivity index (χ1) is 10.3. The van der Waals surface area contributed by atoms with Gasteiger partial charge in [0.15, 0.2) is 0 Å². The summed E-state index contributed by atoms with van der Waals surface area (Å²) in [5, 5.41) is 24.5. The van der Waals surface area contributed by atoms with E-state index in [-0.39, 0.29) is 6.10 Å². The Bertz CT molecular complexity index is 522. The predicted octanol–water partition coefficient (Wildman–Crippen LogP) is 2.36. The minimum atomic E-state index is -0.313. The van der Waals surface area contributed by atoms with E-state index in [0.717, 1.165) is 29.8 Å². The maximum Gasteiger partial charge on any atom is 0.117 e. The molecule has 1 atom stereocenters. The number of H-pyrrole nitrogens is 1. The normalized spacial score (nSPS) is 12.8. The molecule has 5 nitrogen and oxygen atoms in total. The van der Waals surface area contributed by atoms with Crippen LogP contribution in [0, 0.1) is 5.92 Å². The third kappa shape index (κ3) is 4.12. The number of benzene rings is 1. The number of aromatic nitrogens is 3. The lowest BCUT2D eigenvalue weighted by atomic mass is 9.96. The molecular weight excluding hydrogens is 264 g/mol. The fourth-order valence-electron chi connectivity index (χ4n) is 2.54. The fraction of sp³-hybridized carbons (Fsp3) is 0.500. The number of nitrogens with one attached hydrogen (secondary N) is 2. The molecule has 1 unspecified atom stereocenters. The number of aromatic amines is 1. The second-order valence-electron chi connectivity index (χ2n) is 5.26. The van der Waals surface area contributed by atoms with Gasteiger partial charge in [-0.2, -0.15) is 15.4 Å². The molecule has 5 heteroatoms. The van der Waals surface area contributed by atoms with Gasteiger partial charge in [-0.3, -0.25) is 0 Å². The lowest BCUT2D eigenvalue weighted by Crippen LogP contribution is -2.32. The number of hydrogen-bond acceptors (Lipinski definition) is 4. The van der Waals surface area contributed by atoms with Crippen molar-refractivity contribution >= 4 is 0 Å². The Balaban J connectivity index is 1.92. The SMILES string of the molecule is CCC(CC)C(O)CNCc1n[nH]nc1-c1ccccc1. The fourth-order valence-corrected chi connectivity index (χ4v) is 2.54. The van der Waals surface area contributed by atoms with E-state index in [1.165, 1.54) is 0 Å². The van der Waals surface area contributed by atoms with E-state index in [0.29, 0.717) is 19.0 Å². The van der Waals surface area contributed by atoms with Gasteiger partial charge in [0.05, 0.1) is 6.10 Å². The van der Waals surface area contributed by atoms with E-state index in [2.05, 4.69) is 34.6 Å². The molecule has 0 aliphatic carbocycles. The Morgan fingerprint density at radius 3 is 2.52 bits per heavy atom. The lowest BCUT2D eigenvalue weighted by Gasteiger charge is -2.20. The monoisotopic (exact) mass is 288 g/mol. The molecule has 0 aliphatic heterocycles. The Hall–Kier alpha value is -1.72. The van der Waals surface area contributed by atoms with Crippen LogP contribution in [-0.2, 0) is 6.54 Å². The summed E-state index contributed by atoms with van der Waals surface area (Å²) in [5.74, 6) is 0.350. The summed E-state index contributed by atoms with van der Waals surface area (Å²) < 4.78 is 0. The average molecular weight is 288 g/mol. The molecule has 0 saturated carbocycles.